The molecule has 2 aliphatic heterocycles. The van der Waals surface area contributed by atoms with Crippen LogP contribution in [0.15, 0.2) is 54.7 Å². The SMILES string of the molecule is CC(=O)N1CCc2cc(N3C(=O)N(Cc4ccnc5ccccc45)C(C)(C)C3=O)ccc21. The van der Waals surface area contributed by atoms with Gasteiger partial charge in [0.25, 0.3) is 5.91 Å². The lowest BCUT2D eigenvalue weighted by Gasteiger charge is -2.28. The van der Waals surface area contributed by atoms with Crippen molar-refractivity contribution in [2.75, 3.05) is 16.3 Å². The number of nitrogens with zero attached hydrogens (tertiary/aromatic N) is 4. The molecule has 7 nitrogen and oxygen atoms in total. The van der Waals surface area contributed by atoms with Crippen molar-refractivity contribution in [3.63, 3.8) is 0 Å². The minimum absolute atomic E-state index is 0.0123. The highest BCUT2D eigenvalue weighted by atomic mass is 16.2. The largest absolute Gasteiger partial charge is 0.332 e. The standard InChI is InChI=1S/C25H24N4O3/c1-16(30)27-13-11-17-14-19(8-9-22(17)27)29-23(31)25(2,3)28(24(29)32)15-18-10-12-26-21-7-5-4-6-20(18)21/h4-10,12,14H,11,13,15H2,1-3H3. The molecule has 1 saturated heterocycles. The fourth-order valence-electron chi connectivity index (χ4n) is 4.65. The highest BCUT2D eigenvalue weighted by Crippen LogP contribution is 2.37. The van der Waals surface area contributed by atoms with Crippen LogP contribution in [-0.4, -0.2) is 39.8 Å². The first kappa shape index (κ1) is 20.2. The van der Waals surface area contributed by atoms with Gasteiger partial charge in [-0.3, -0.25) is 14.6 Å². The van der Waals surface area contributed by atoms with E-state index in [1.807, 2.05) is 42.5 Å². The lowest BCUT2D eigenvalue weighted by Crippen LogP contribution is -2.43. The molecule has 5 rings (SSSR count). The highest BCUT2D eigenvalue weighted by molar-refractivity contribution is 6.23. The molecule has 1 aromatic heterocycles. The molecular formula is C25H24N4O3. The van der Waals surface area contributed by atoms with Crippen molar-refractivity contribution in [3.05, 3.63) is 65.9 Å². The van der Waals surface area contributed by atoms with Gasteiger partial charge in [0.15, 0.2) is 0 Å². The molecule has 2 aliphatic rings. The number of rotatable bonds is 3. The van der Waals surface area contributed by atoms with Gasteiger partial charge in [-0.15, -0.1) is 0 Å². The number of amides is 4. The van der Waals surface area contributed by atoms with Crippen LogP contribution >= 0.6 is 0 Å². The molecule has 1 fully saturated rings. The maximum absolute atomic E-state index is 13.5. The third-order valence-corrected chi connectivity index (χ3v) is 6.49. The van der Waals surface area contributed by atoms with E-state index in [9.17, 15) is 14.4 Å². The molecule has 32 heavy (non-hydrogen) atoms. The van der Waals surface area contributed by atoms with Crippen molar-refractivity contribution in [3.8, 4) is 0 Å². The zero-order valence-electron chi connectivity index (χ0n) is 18.3. The van der Waals surface area contributed by atoms with E-state index in [4.69, 9.17) is 0 Å². The van der Waals surface area contributed by atoms with Crippen LogP contribution < -0.4 is 9.80 Å². The molecule has 0 spiro atoms. The molecule has 4 amide bonds. The first-order valence-electron chi connectivity index (χ1n) is 10.7. The van der Waals surface area contributed by atoms with Crippen molar-refractivity contribution < 1.29 is 14.4 Å². The van der Waals surface area contributed by atoms with Crippen LogP contribution in [0.3, 0.4) is 0 Å². The zero-order valence-corrected chi connectivity index (χ0v) is 18.3. The Labute approximate surface area is 186 Å². The number of anilines is 2. The van der Waals surface area contributed by atoms with Crippen LogP contribution in [0.5, 0.6) is 0 Å². The van der Waals surface area contributed by atoms with Gasteiger partial charge in [0, 0.05) is 37.3 Å². The number of carbonyl (C=O) groups excluding carboxylic acids is 3. The van der Waals surface area contributed by atoms with Gasteiger partial charge in [0.2, 0.25) is 5.91 Å². The van der Waals surface area contributed by atoms with Crippen molar-refractivity contribution in [1.29, 1.82) is 0 Å². The van der Waals surface area contributed by atoms with Crippen LogP contribution in [0.4, 0.5) is 16.2 Å². The fraction of sp³-hybridized carbons (Fsp3) is 0.280. The third kappa shape index (κ3) is 2.96. The second-order valence-electron chi connectivity index (χ2n) is 8.79. The van der Waals surface area contributed by atoms with Crippen molar-refractivity contribution in [2.45, 2.75) is 39.3 Å². The number of carbonyl (C=O) groups is 3. The average Bonchev–Trinajstić information content (AvgIpc) is 3.27. The summed E-state index contributed by atoms with van der Waals surface area (Å²) < 4.78 is 0. The molecule has 0 bridgehead atoms. The van der Waals surface area contributed by atoms with Crippen molar-refractivity contribution >= 4 is 40.1 Å². The van der Waals surface area contributed by atoms with Gasteiger partial charge in [-0.2, -0.15) is 0 Å². The molecule has 0 atom stereocenters. The molecule has 2 aromatic carbocycles. The van der Waals surface area contributed by atoms with E-state index in [0.717, 1.165) is 27.7 Å². The van der Waals surface area contributed by atoms with Gasteiger partial charge in [0.05, 0.1) is 11.2 Å². The molecular weight excluding hydrogens is 404 g/mol. The Morgan fingerprint density at radius 1 is 1.09 bits per heavy atom. The van der Waals surface area contributed by atoms with Gasteiger partial charge in [-0.1, -0.05) is 18.2 Å². The third-order valence-electron chi connectivity index (χ3n) is 6.49. The first-order chi connectivity index (χ1) is 15.3. The molecule has 0 unspecified atom stereocenters. The smallest absolute Gasteiger partial charge is 0.312 e. The Bertz CT molecular complexity index is 1280. The molecule has 3 aromatic rings. The molecule has 3 heterocycles. The van der Waals surface area contributed by atoms with Gasteiger partial charge in [-0.25, -0.2) is 9.69 Å². The number of urea groups is 1. The van der Waals surface area contributed by atoms with Crippen LogP contribution in [0, 0.1) is 0 Å². The number of hydrogen-bond acceptors (Lipinski definition) is 4. The number of fused-ring (bicyclic) bond motifs is 2. The first-order valence-corrected chi connectivity index (χ1v) is 10.7. The van der Waals surface area contributed by atoms with Gasteiger partial charge in [0.1, 0.15) is 5.54 Å². The predicted octanol–water partition coefficient (Wildman–Crippen LogP) is 3.89. The van der Waals surface area contributed by atoms with Crippen molar-refractivity contribution in [2.24, 2.45) is 0 Å². The normalized spacial score (nSPS) is 17.4. The summed E-state index contributed by atoms with van der Waals surface area (Å²) in [4.78, 5) is 47.7. The minimum atomic E-state index is -0.994. The van der Waals surface area contributed by atoms with E-state index in [-0.39, 0.29) is 17.8 Å². The van der Waals surface area contributed by atoms with Crippen molar-refractivity contribution in [1.82, 2.24) is 9.88 Å². The van der Waals surface area contributed by atoms with E-state index in [1.54, 1.807) is 42.8 Å². The summed E-state index contributed by atoms with van der Waals surface area (Å²) in [7, 11) is 0. The van der Waals surface area contributed by atoms with Gasteiger partial charge in [-0.05, 0) is 61.7 Å². The molecule has 0 saturated carbocycles. The second kappa shape index (κ2) is 7.15. The Morgan fingerprint density at radius 3 is 2.66 bits per heavy atom. The lowest BCUT2D eigenvalue weighted by atomic mass is 10.0. The van der Waals surface area contributed by atoms with E-state index in [1.165, 1.54) is 4.90 Å². The topological polar surface area (TPSA) is 73.8 Å². The summed E-state index contributed by atoms with van der Waals surface area (Å²) >= 11 is 0. The zero-order chi connectivity index (χ0) is 22.6. The highest BCUT2D eigenvalue weighted by Gasteiger charge is 2.52. The Morgan fingerprint density at radius 2 is 1.88 bits per heavy atom. The molecule has 0 radical (unpaired) electrons. The number of aromatic nitrogens is 1. The molecule has 7 heteroatoms. The van der Waals surface area contributed by atoms with E-state index in [2.05, 4.69) is 4.98 Å². The quantitative estimate of drug-likeness (QED) is 0.593. The summed E-state index contributed by atoms with van der Waals surface area (Å²) in [5.41, 5.74) is 3.16. The number of imide groups is 1. The number of benzene rings is 2. The van der Waals surface area contributed by atoms with Crippen LogP contribution in [0.2, 0.25) is 0 Å². The number of hydrogen-bond donors (Lipinski definition) is 0. The fourth-order valence-corrected chi connectivity index (χ4v) is 4.65. The Kier molecular flexibility index (Phi) is 4.51. The monoisotopic (exact) mass is 428 g/mol. The summed E-state index contributed by atoms with van der Waals surface area (Å²) in [5, 5.41) is 0.964. The van der Waals surface area contributed by atoms with E-state index < -0.39 is 5.54 Å². The molecule has 162 valence electrons. The Hall–Kier alpha value is -3.74. The van der Waals surface area contributed by atoms with E-state index in [0.29, 0.717) is 25.2 Å². The molecule has 0 aliphatic carbocycles. The lowest BCUT2D eigenvalue weighted by molar-refractivity contribution is -0.123. The number of para-hydroxylation sites is 1. The Balaban J connectivity index is 1.50. The molecule has 0 N–H and O–H groups in total. The predicted molar refractivity (Wildman–Crippen MR) is 122 cm³/mol. The van der Waals surface area contributed by atoms with Crippen LogP contribution in [0.25, 0.3) is 10.9 Å². The van der Waals surface area contributed by atoms with E-state index >= 15 is 0 Å². The second-order valence-corrected chi connectivity index (χ2v) is 8.79. The number of pyridine rings is 1. The van der Waals surface area contributed by atoms with Gasteiger partial charge < -0.3 is 9.80 Å². The maximum Gasteiger partial charge on any atom is 0.332 e. The summed E-state index contributed by atoms with van der Waals surface area (Å²) in [6, 6.07) is 14.8. The summed E-state index contributed by atoms with van der Waals surface area (Å²) in [6.07, 6.45) is 2.43. The van der Waals surface area contributed by atoms with Gasteiger partial charge >= 0.3 is 6.03 Å². The summed E-state index contributed by atoms with van der Waals surface area (Å²) in [6.45, 7) is 6.02. The average molecular weight is 428 g/mol. The minimum Gasteiger partial charge on any atom is -0.312 e. The summed E-state index contributed by atoms with van der Waals surface area (Å²) in [5.74, 6) is -0.274. The van der Waals surface area contributed by atoms with Crippen LogP contribution in [-0.2, 0) is 22.6 Å². The van der Waals surface area contributed by atoms with Crippen LogP contribution in [0.1, 0.15) is 31.9 Å². The maximum atomic E-state index is 13.5.